The number of nitrogens with one attached hydrogen (secondary N) is 1. The second-order valence-corrected chi connectivity index (χ2v) is 10.2. The van der Waals surface area contributed by atoms with Crippen LogP contribution in [-0.4, -0.2) is 52.7 Å². The predicted octanol–water partition coefficient (Wildman–Crippen LogP) is 4.55. The van der Waals surface area contributed by atoms with E-state index in [1.807, 2.05) is 24.3 Å². The van der Waals surface area contributed by atoms with Gasteiger partial charge in [-0.3, -0.25) is 4.79 Å². The van der Waals surface area contributed by atoms with Crippen LogP contribution in [-0.2, 0) is 14.3 Å². The van der Waals surface area contributed by atoms with Crippen LogP contribution in [0, 0.1) is 5.92 Å². The van der Waals surface area contributed by atoms with Crippen LogP contribution < -0.4 is 5.32 Å². The van der Waals surface area contributed by atoms with Gasteiger partial charge in [-0.1, -0.05) is 55.0 Å². The molecule has 2 aromatic carbocycles. The van der Waals surface area contributed by atoms with Crippen molar-refractivity contribution in [2.45, 2.75) is 62.9 Å². The van der Waals surface area contributed by atoms with E-state index in [9.17, 15) is 19.5 Å². The largest absolute Gasteiger partial charge is 0.480 e. The number of carbonyl (C=O) groups is 3. The number of hydrogen-bond acceptors (Lipinski definition) is 4. The van der Waals surface area contributed by atoms with E-state index in [0.717, 1.165) is 24.0 Å². The normalized spacial score (nSPS) is 25.6. The second-order valence-electron chi connectivity index (χ2n) is 10.2. The highest BCUT2D eigenvalue weighted by Crippen LogP contribution is 2.44. The Morgan fingerprint density at radius 3 is 2.34 bits per heavy atom. The number of carboxylic acid groups (broad SMARTS) is 1. The van der Waals surface area contributed by atoms with E-state index in [-0.39, 0.29) is 30.4 Å². The van der Waals surface area contributed by atoms with E-state index >= 15 is 0 Å². The van der Waals surface area contributed by atoms with Crippen molar-refractivity contribution in [1.29, 1.82) is 0 Å². The average Bonchev–Trinajstić information content (AvgIpc) is 3.41. The molecule has 35 heavy (non-hydrogen) atoms. The summed E-state index contributed by atoms with van der Waals surface area (Å²) in [5.41, 5.74) is 3.56. The fourth-order valence-electron chi connectivity index (χ4n) is 6.11. The molecular weight excluding hydrogens is 444 g/mol. The van der Waals surface area contributed by atoms with E-state index in [1.165, 1.54) is 16.0 Å². The third-order valence-electron chi connectivity index (χ3n) is 8.06. The van der Waals surface area contributed by atoms with Crippen LogP contribution >= 0.6 is 0 Å². The van der Waals surface area contributed by atoms with Gasteiger partial charge in [0.25, 0.3) is 0 Å². The summed E-state index contributed by atoms with van der Waals surface area (Å²) in [4.78, 5) is 39.3. The van der Waals surface area contributed by atoms with Crippen molar-refractivity contribution in [1.82, 2.24) is 10.2 Å². The molecule has 0 bridgehead atoms. The van der Waals surface area contributed by atoms with Crippen LogP contribution in [0.5, 0.6) is 0 Å². The van der Waals surface area contributed by atoms with Gasteiger partial charge in [-0.05, 0) is 61.3 Å². The van der Waals surface area contributed by atoms with Gasteiger partial charge in [0.2, 0.25) is 5.91 Å². The Bertz CT molecular complexity index is 1100. The van der Waals surface area contributed by atoms with E-state index in [0.29, 0.717) is 32.2 Å². The standard InChI is InChI=1S/C28H32N2O5/c1-28(26(32)33)14-7-15-30(28)25(31)18-8-6-9-19(16-18)29-27(34)35-17-24-22-12-4-2-10-20(22)21-11-3-5-13-23(21)24/h2-5,10-13,18-19,24H,6-9,14-17H2,1H3,(H,29,34)(H,32,33)/t18-,19-,28-/m1/s1. The Hall–Kier alpha value is -3.35. The molecule has 1 heterocycles. The minimum absolute atomic E-state index is 0.00213. The van der Waals surface area contributed by atoms with Crippen molar-refractivity contribution in [3.63, 3.8) is 0 Å². The maximum atomic E-state index is 13.2. The fourth-order valence-corrected chi connectivity index (χ4v) is 6.11. The SMILES string of the molecule is C[C@]1(C(=O)O)CCCN1C(=O)[C@@H]1CCC[C@@H](NC(=O)OCC2c3ccccc3-c3ccccc32)C1. The zero-order valence-electron chi connectivity index (χ0n) is 20.0. The van der Waals surface area contributed by atoms with Crippen molar-refractivity contribution in [3.8, 4) is 11.1 Å². The smallest absolute Gasteiger partial charge is 0.407 e. The Morgan fingerprint density at radius 2 is 1.69 bits per heavy atom. The summed E-state index contributed by atoms with van der Waals surface area (Å²) >= 11 is 0. The number of aliphatic carboxylic acids is 1. The zero-order valence-corrected chi connectivity index (χ0v) is 20.0. The van der Waals surface area contributed by atoms with E-state index in [1.54, 1.807) is 6.92 Å². The molecule has 3 aliphatic rings. The highest BCUT2D eigenvalue weighted by molar-refractivity contribution is 5.88. The molecule has 2 fully saturated rings. The lowest BCUT2D eigenvalue weighted by Gasteiger charge is -2.36. The number of rotatable bonds is 5. The van der Waals surface area contributed by atoms with Crippen LogP contribution in [0.3, 0.4) is 0 Å². The summed E-state index contributed by atoms with van der Waals surface area (Å²) in [5.74, 6) is -1.34. The lowest BCUT2D eigenvalue weighted by molar-refractivity contribution is -0.157. The van der Waals surface area contributed by atoms with Gasteiger partial charge >= 0.3 is 12.1 Å². The number of alkyl carbamates (subject to hydrolysis) is 1. The van der Waals surface area contributed by atoms with Gasteiger partial charge in [0.05, 0.1) is 0 Å². The molecule has 0 radical (unpaired) electrons. The molecular formula is C28H32N2O5. The molecule has 1 saturated heterocycles. The van der Waals surface area contributed by atoms with Crippen molar-refractivity contribution < 1.29 is 24.2 Å². The number of amides is 2. The molecule has 0 aromatic heterocycles. The molecule has 2 N–H and O–H groups in total. The maximum Gasteiger partial charge on any atom is 0.407 e. The molecule has 2 amide bonds. The minimum Gasteiger partial charge on any atom is -0.480 e. The summed E-state index contributed by atoms with van der Waals surface area (Å²) in [6, 6.07) is 16.3. The second kappa shape index (κ2) is 9.36. The number of carbonyl (C=O) groups excluding carboxylic acids is 2. The van der Waals surface area contributed by atoms with Crippen LogP contribution in [0.2, 0.25) is 0 Å². The number of benzene rings is 2. The van der Waals surface area contributed by atoms with Crippen molar-refractivity contribution >= 4 is 18.0 Å². The number of likely N-dealkylation sites (tertiary alicyclic amines) is 1. The Labute approximate surface area is 205 Å². The van der Waals surface area contributed by atoms with Gasteiger partial charge in [0, 0.05) is 24.4 Å². The first kappa shape index (κ1) is 23.4. The average molecular weight is 477 g/mol. The van der Waals surface area contributed by atoms with Crippen LogP contribution in [0.4, 0.5) is 4.79 Å². The summed E-state index contributed by atoms with van der Waals surface area (Å²) in [6.45, 7) is 2.36. The minimum atomic E-state index is -1.13. The van der Waals surface area contributed by atoms with Crippen molar-refractivity contribution in [2.24, 2.45) is 5.92 Å². The fraction of sp³-hybridized carbons (Fsp3) is 0.464. The Kier molecular flexibility index (Phi) is 6.26. The van der Waals surface area contributed by atoms with Crippen LogP contribution in [0.25, 0.3) is 11.1 Å². The molecule has 7 nitrogen and oxygen atoms in total. The van der Waals surface area contributed by atoms with E-state index in [2.05, 4.69) is 29.6 Å². The third kappa shape index (κ3) is 4.28. The molecule has 184 valence electrons. The molecule has 0 spiro atoms. The molecule has 0 unspecified atom stereocenters. The van der Waals surface area contributed by atoms with Gasteiger partial charge in [-0.2, -0.15) is 0 Å². The number of ether oxygens (including phenoxy) is 1. The van der Waals surface area contributed by atoms with Crippen molar-refractivity contribution in [3.05, 3.63) is 59.7 Å². The lowest BCUT2D eigenvalue weighted by atomic mass is 9.84. The summed E-state index contributed by atoms with van der Waals surface area (Å²) < 4.78 is 5.68. The monoisotopic (exact) mass is 476 g/mol. The van der Waals surface area contributed by atoms with Gasteiger partial charge < -0.3 is 20.1 Å². The number of nitrogens with zero attached hydrogens (tertiary/aromatic N) is 1. The molecule has 3 atom stereocenters. The van der Waals surface area contributed by atoms with E-state index in [4.69, 9.17) is 4.74 Å². The van der Waals surface area contributed by atoms with Gasteiger partial charge in [-0.15, -0.1) is 0 Å². The summed E-state index contributed by atoms with van der Waals surface area (Å²) in [5, 5.41) is 12.6. The van der Waals surface area contributed by atoms with Crippen LogP contribution in [0.15, 0.2) is 48.5 Å². The maximum absolute atomic E-state index is 13.2. The van der Waals surface area contributed by atoms with Gasteiger partial charge in [-0.25, -0.2) is 9.59 Å². The molecule has 2 aliphatic carbocycles. The first-order valence-electron chi connectivity index (χ1n) is 12.5. The highest BCUT2D eigenvalue weighted by Gasteiger charge is 2.47. The Morgan fingerprint density at radius 1 is 1.03 bits per heavy atom. The summed E-state index contributed by atoms with van der Waals surface area (Å²) in [7, 11) is 0. The van der Waals surface area contributed by atoms with E-state index < -0.39 is 17.6 Å². The summed E-state index contributed by atoms with van der Waals surface area (Å²) in [6.07, 6.45) is 3.52. The van der Waals surface area contributed by atoms with Gasteiger partial charge in [0.1, 0.15) is 12.1 Å². The molecule has 5 rings (SSSR count). The lowest BCUT2D eigenvalue weighted by Crippen LogP contribution is -2.53. The quantitative estimate of drug-likeness (QED) is 0.660. The first-order chi connectivity index (χ1) is 16.9. The van der Waals surface area contributed by atoms with Gasteiger partial charge in [0.15, 0.2) is 0 Å². The zero-order chi connectivity index (χ0) is 24.6. The predicted molar refractivity (Wildman–Crippen MR) is 131 cm³/mol. The highest BCUT2D eigenvalue weighted by atomic mass is 16.5. The molecule has 2 aromatic rings. The molecule has 7 heteroatoms. The van der Waals surface area contributed by atoms with Crippen molar-refractivity contribution in [2.75, 3.05) is 13.2 Å². The molecule has 1 aliphatic heterocycles. The number of carboxylic acids is 1. The topological polar surface area (TPSA) is 95.9 Å². The first-order valence-corrected chi connectivity index (χ1v) is 12.5. The third-order valence-corrected chi connectivity index (χ3v) is 8.06. The van der Waals surface area contributed by atoms with Crippen LogP contribution in [0.1, 0.15) is 62.5 Å². The Balaban J connectivity index is 1.19. The number of fused-ring (bicyclic) bond motifs is 3. The number of hydrogen-bond donors (Lipinski definition) is 2. The molecule has 1 saturated carbocycles.